The molecule has 2 aromatic rings. The van der Waals surface area contributed by atoms with Crippen molar-refractivity contribution in [3.05, 3.63) is 65.7 Å². The Morgan fingerprint density at radius 1 is 1.12 bits per heavy atom. The Labute approximate surface area is 139 Å². The van der Waals surface area contributed by atoms with E-state index in [4.69, 9.17) is 0 Å². The van der Waals surface area contributed by atoms with Gasteiger partial charge in [-0.25, -0.2) is 17.2 Å². The minimum Gasteiger partial charge on any atom is -0.350 e. The SMILES string of the molecule is CS(=O)(=O)N(CCNC(=O)c1cccc(F)c1)c1ccccc1F. The lowest BCUT2D eigenvalue weighted by Crippen LogP contribution is -2.38. The molecular formula is C16H16F2N2O3S. The number of sulfonamides is 1. The second-order valence-electron chi connectivity index (χ2n) is 5.05. The maximum absolute atomic E-state index is 13.8. The van der Waals surface area contributed by atoms with Gasteiger partial charge in [-0.1, -0.05) is 18.2 Å². The van der Waals surface area contributed by atoms with Crippen molar-refractivity contribution < 1.29 is 22.0 Å². The molecule has 0 saturated carbocycles. The molecule has 0 aromatic heterocycles. The predicted octanol–water partition coefficient (Wildman–Crippen LogP) is 2.16. The average molecular weight is 354 g/mol. The summed E-state index contributed by atoms with van der Waals surface area (Å²) < 4.78 is 51.5. The lowest BCUT2D eigenvalue weighted by Gasteiger charge is -2.23. The number of hydrogen-bond donors (Lipinski definition) is 1. The molecule has 1 amide bonds. The maximum Gasteiger partial charge on any atom is 0.251 e. The maximum atomic E-state index is 13.8. The van der Waals surface area contributed by atoms with Crippen molar-refractivity contribution in [2.45, 2.75) is 0 Å². The number of rotatable bonds is 6. The lowest BCUT2D eigenvalue weighted by atomic mass is 10.2. The normalized spacial score (nSPS) is 11.1. The first-order chi connectivity index (χ1) is 11.3. The van der Waals surface area contributed by atoms with Gasteiger partial charge in [-0.15, -0.1) is 0 Å². The number of amides is 1. The second-order valence-corrected chi connectivity index (χ2v) is 6.96. The Balaban J connectivity index is 2.07. The molecule has 24 heavy (non-hydrogen) atoms. The Hall–Kier alpha value is -2.48. The number of nitrogens with one attached hydrogen (secondary N) is 1. The summed E-state index contributed by atoms with van der Waals surface area (Å²) in [4.78, 5) is 11.9. The summed E-state index contributed by atoms with van der Waals surface area (Å²) in [5, 5.41) is 2.48. The summed E-state index contributed by atoms with van der Waals surface area (Å²) in [6, 6.07) is 10.6. The first-order valence-electron chi connectivity index (χ1n) is 7.05. The Kier molecular flexibility index (Phi) is 5.50. The van der Waals surface area contributed by atoms with E-state index in [2.05, 4.69) is 5.32 Å². The van der Waals surface area contributed by atoms with Gasteiger partial charge in [0.2, 0.25) is 10.0 Å². The van der Waals surface area contributed by atoms with E-state index in [1.54, 1.807) is 0 Å². The van der Waals surface area contributed by atoms with Gasteiger partial charge in [-0.05, 0) is 30.3 Å². The molecule has 0 bridgehead atoms. The van der Waals surface area contributed by atoms with Crippen LogP contribution in [0.5, 0.6) is 0 Å². The molecule has 2 aromatic carbocycles. The molecule has 128 valence electrons. The summed E-state index contributed by atoms with van der Waals surface area (Å²) in [6.07, 6.45) is 0.952. The summed E-state index contributed by atoms with van der Waals surface area (Å²) in [6.45, 7) is -0.211. The quantitative estimate of drug-likeness (QED) is 0.864. The van der Waals surface area contributed by atoms with Gasteiger partial charge in [0.15, 0.2) is 0 Å². The molecule has 2 rings (SSSR count). The monoisotopic (exact) mass is 354 g/mol. The van der Waals surface area contributed by atoms with E-state index in [0.717, 1.165) is 22.7 Å². The molecule has 5 nitrogen and oxygen atoms in total. The Morgan fingerprint density at radius 3 is 2.46 bits per heavy atom. The van der Waals surface area contributed by atoms with Crippen LogP contribution >= 0.6 is 0 Å². The topological polar surface area (TPSA) is 66.5 Å². The highest BCUT2D eigenvalue weighted by molar-refractivity contribution is 7.92. The molecule has 0 fully saturated rings. The highest BCUT2D eigenvalue weighted by Crippen LogP contribution is 2.20. The van der Waals surface area contributed by atoms with Gasteiger partial charge in [0.25, 0.3) is 5.91 Å². The first-order valence-corrected chi connectivity index (χ1v) is 8.90. The van der Waals surface area contributed by atoms with Crippen LogP contribution in [-0.2, 0) is 10.0 Å². The van der Waals surface area contributed by atoms with Gasteiger partial charge in [0.05, 0.1) is 18.5 Å². The zero-order chi connectivity index (χ0) is 17.7. The van der Waals surface area contributed by atoms with Crippen molar-refractivity contribution in [1.29, 1.82) is 0 Å². The molecule has 0 aliphatic rings. The van der Waals surface area contributed by atoms with Gasteiger partial charge < -0.3 is 5.32 Å². The highest BCUT2D eigenvalue weighted by atomic mass is 32.2. The number of para-hydroxylation sites is 1. The Morgan fingerprint density at radius 2 is 1.83 bits per heavy atom. The number of hydrogen-bond acceptors (Lipinski definition) is 3. The van der Waals surface area contributed by atoms with E-state index >= 15 is 0 Å². The third kappa shape index (κ3) is 4.51. The van der Waals surface area contributed by atoms with Gasteiger partial charge in [0.1, 0.15) is 11.6 Å². The van der Waals surface area contributed by atoms with E-state index in [-0.39, 0.29) is 24.3 Å². The molecule has 8 heteroatoms. The number of anilines is 1. The molecule has 0 radical (unpaired) electrons. The Bertz CT molecular complexity index is 841. The van der Waals surface area contributed by atoms with Crippen LogP contribution in [0.25, 0.3) is 0 Å². The fraction of sp³-hybridized carbons (Fsp3) is 0.188. The number of benzene rings is 2. The largest absolute Gasteiger partial charge is 0.350 e. The number of nitrogens with zero attached hydrogens (tertiary/aromatic N) is 1. The molecule has 0 unspecified atom stereocenters. The standard InChI is InChI=1S/C16H16F2N2O3S/c1-24(22,23)20(15-8-3-2-7-14(15)18)10-9-19-16(21)12-5-4-6-13(17)11-12/h2-8,11H,9-10H2,1H3,(H,19,21). The molecule has 1 N–H and O–H groups in total. The van der Waals surface area contributed by atoms with Crippen LogP contribution in [0.3, 0.4) is 0 Å². The van der Waals surface area contributed by atoms with Gasteiger partial charge >= 0.3 is 0 Å². The van der Waals surface area contributed by atoms with Crippen LogP contribution in [0.1, 0.15) is 10.4 Å². The minimum absolute atomic E-state index is 0.0588. The summed E-state index contributed by atoms with van der Waals surface area (Å²) in [5.74, 6) is -1.78. The number of carbonyl (C=O) groups excluding carboxylic acids is 1. The van der Waals surface area contributed by atoms with Crippen LogP contribution in [0.15, 0.2) is 48.5 Å². The fourth-order valence-electron chi connectivity index (χ4n) is 2.12. The van der Waals surface area contributed by atoms with Crippen molar-refractivity contribution in [1.82, 2.24) is 5.32 Å². The highest BCUT2D eigenvalue weighted by Gasteiger charge is 2.20. The number of carbonyl (C=O) groups is 1. The molecule has 0 aliphatic heterocycles. The van der Waals surface area contributed by atoms with Crippen molar-refractivity contribution in [3.8, 4) is 0 Å². The zero-order valence-corrected chi connectivity index (χ0v) is 13.7. The molecule has 0 saturated heterocycles. The van der Waals surface area contributed by atoms with Crippen LogP contribution in [0.2, 0.25) is 0 Å². The molecule has 0 heterocycles. The van der Waals surface area contributed by atoms with E-state index < -0.39 is 27.6 Å². The summed E-state index contributed by atoms with van der Waals surface area (Å²) >= 11 is 0. The van der Waals surface area contributed by atoms with Gasteiger partial charge in [-0.3, -0.25) is 9.10 Å². The van der Waals surface area contributed by atoms with Crippen molar-refractivity contribution in [2.24, 2.45) is 0 Å². The minimum atomic E-state index is -3.73. The van der Waals surface area contributed by atoms with E-state index in [0.29, 0.717) is 0 Å². The summed E-state index contributed by atoms with van der Waals surface area (Å²) in [7, 11) is -3.73. The average Bonchev–Trinajstić information content (AvgIpc) is 2.51. The van der Waals surface area contributed by atoms with Crippen LogP contribution in [0.4, 0.5) is 14.5 Å². The van der Waals surface area contributed by atoms with Crippen molar-refractivity contribution >= 4 is 21.6 Å². The lowest BCUT2D eigenvalue weighted by molar-refractivity contribution is 0.0954. The van der Waals surface area contributed by atoms with E-state index in [9.17, 15) is 22.0 Å². The smallest absolute Gasteiger partial charge is 0.251 e. The predicted molar refractivity (Wildman–Crippen MR) is 87.3 cm³/mol. The third-order valence-electron chi connectivity index (χ3n) is 3.21. The molecule has 0 spiro atoms. The van der Waals surface area contributed by atoms with E-state index in [1.807, 2.05) is 0 Å². The van der Waals surface area contributed by atoms with Crippen molar-refractivity contribution in [3.63, 3.8) is 0 Å². The van der Waals surface area contributed by atoms with Gasteiger partial charge in [-0.2, -0.15) is 0 Å². The van der Waals surface area contributed by atoms with E-state index in [1.165, 1.54) is 36.4 Å². The van der Waals surface area contributed by atoms with Crippen LogP contribution in [-0.4, -0.2) is 33.7 Å². The fourth-order valence-corrected chi connectivity index (χ4v) is 3.05. The molecule has 0 aliphatic carbocycles. The van der Waals surface area contributed by atoms with Crippen LogP contribution < -0.4 is 9.62 Å². The van der Waals surface area contributed by atoms with Crippen molar-refractivity contribution in [2.75, 3.05) is 23.7 Å². The third-order valence-corrected chi connectivity index (χ3v) is 4.39. The van der Waals surface area contributed by atoms with Crippen LogP contribution in [0, 0.1) is 11.6 Å². The number of halogens is 2. The van der Waals surface area contributed by atoms with Gasteiger partial charge in [0, 0.05) is 12.1 Å². The zero-order valence-electron chi connectivity index (χ0n) is 12.9. The summed E-state index contributed by atoms with van der Waals surface area (Å²) in [5.41, 5.74) is 0.0202. The molecular weight excluding hydrogens is 338 g/mol. The molecule has 0 atom stereocenters. The first kappa shape index (κ1) is 17.9. The second kappa shape index (κ2) is 7.39.